The predicted octanol–water partition coefficient (Wildman–Crippen LogP) is 0.612. The monoisotopic (exact) mass is 360 g/mol. The molecule has 0 spiro atoms. The lowest BCUT2D eigenvalue weighted by Crippen LogP contribution is -2.40. The minimum atomic E-state index is -0.400. The molecule has 0 bridgehead atoms. The number of anilines is 1. The highest BCUT2D eigenvalue weighted by Crippen LogP contribution is 2.29. The van der Waals surface area contributed by atoms with Gasteiger partial charge in [0, 0.05) is 26.7 Å². The van der Waals surface area contributed by atoms with Crippen molar-refractivity contribution in [1.29, 1.82) is 0 Å². The number of hydrogen-bond donors (Lipinski definition) is 1. The minimum absolute atomic E-state index is 0.0372. The van der Waals surface area contributed by atoms with Crippen LogP contribution in [0.5, 0.6) is 0 Å². The van der Waals surface area contributed by atoms with Crippen molar-refractivity contribution in [3.8, 4) is 0 Å². The smallest absolute Gasteiger partial charge is 0.332 e. The maximum atomic E-state index is 13.1. The van der Waals surface area contributed by atoms with Gasteiger partial charge in [-0.25, -0.2) is 9.80 Å². The van der Waals surface area contributed by atoms with E-state index in [9.17, 15) is 9.59 Å². The van der Waals surface area contributed by atoms with Gasteiger partial charge in [0.1, 0.15) is 0 Å². The van der Waals surface area contributed by atoms with Crippen LogP contribution in [0, 0.1) is 0 Å². The lowest BCUT2D eigenvalue weighted by molar-refractivity contribution is 0.289. The first kappa shape index (κ1) is 18.1. The molecule has 140 valence electrons. The van der Waals surface area contributed by atoms with E-state index < -0.39 is 5.69 Å². The molecule has 0 fully saturated rings. The summed E-state index contributed by atoms with van der Waals surface area (Å²) in [6.45, 7) is 6.42. The zero-order valence-electron chi connectivity index (χ0n) is 15.5. The van der Waals surface area contributed by atoms with Crippen molar-refractivity contribution >= 4 is 22.8 Å². The van der Waals surface area contributed by atoms with Crippen LogP contribution in [0.15, 0.2) is 26.8 Å². The molecule has 3 rings (SSSR count). The maximum Gasteiger partial charge on any atom is 0.332 e. The van der Waals surface area contributed by atoms with E-state index in [1.165, 1.54) is 9.13 Å². The molecule has 1 N–H and O–H groups in total. The summed E-state index contributed by atoms with van der Waals surface area (Å²) in [6.07, 6.45) is 4.10. The molecule has 1 aliphatic rings. The molecule has 1 atom stereocenters. The Kier molecular flexibility index (Phi) is 4.82. The average Bonchev–Trinajstić information content (AvgIpc) is 3.03. The summed E-state index contributed by atoms with van der Waals surface area (Å²) < 4.78 is 4.45. The fraction of sp³-hybridized carbons (Fsp3) is 0.529. The average molecular weight is 360 g/mol. The molecule has 9 heteroatoms. The van der Waals surface area contributed by atoms with Crippen molar-refractivity contribution in [2.45, 2.75) is 39.8 Å². The van der Waals surface area contributed by atoms with Crippen LogP contribution in [-0.2, 0) is 13.6 Å². The largest absolute Gasteiger partial charge is 0.396 e. The third-order valence-corrected chi connectivity index (χ3v) is 4.71. The van der Waals surface area contributed by atoms with Crippen LogP contribution < -0.4 is 16.3 Å². The molecule has 0 amide bonds. The maximum absolute atomic E-state index is 13.1. The Morgan fingerprint density at radius 3 is 2.69 bits per heavy atom. The van der Waals surface area contributed by atoms with E-state index in [1.54, 1.807) is 24.2 Å². The summed E-state index contributed by atoms with van der Waals surface area (Å²) >= 11 is 0. The van der Waals surface area contributed by atoms with E-state index in [0.29, 0.717) is 30.1 Å². The molecular formula is C17H24N6O3. The number of aromatic nitrogens is 4. The van der Waals surface area contributed by atoms with E-state index in [2.05, 4.69) is 10.1 Å². The molecule has 0 saturated heterocycles. The number of hydrogen-bond acceptors (Lipinski definition) is 6. The summed E-state index contributed by atoms with van der Waals surface area (Å²) in [4.78, 5) is 30.2. The standard InChI is InChI=1S/C17H24N6O3/c1-5-6-8-21-15(25)13-14(20(4)17(21)26)18-16-22(9-7-10-24)19-11(2)12(3)23(13)16/h5-6,12,24H,7-10H2,1-4H3/b6-5-/t12-/m1/s1. The second kappa shape index (κ2) is 6.91. The van der Waals surface area contributed by atoms with Gasteiger partial charge >= 0.3 is 5.69 Å². The zero-order chi connectivity index (χ0) is 19.0. The number of fused-ring (bicyclic) bond motifs is 3. The molecular weight excluding hydrogens is 336 g/mol. The minimum Gasteiger partial charge on any atom is -0.396 e. The number of nitrogens with zero attached hydrogens (tertiary/aromatic N) is 6. The molecule has 26 heavy (non-hydrogen) atoms. The second-order valence-corrected chi connectivity index (χ2v) is 6.40. The highest BCUT2D eigenvalue weighted by molar-refractivity contribution is 5.91. The predicted molar refractivity (Wildman–Crippen MR) is 101 cm³/mol. The SMILES string of the molecule is C/C=C\Cn1c(=O)c2c(nc3n2[C@H](C)C(C)=NN3CCCO)n(C)c1=O. The van der Waals surface area contributed by atoms with Gasteiger partial charge in [0.2, 0.25) is 5.95 Å². The number of aliphatic hydroxyl groups is 1. The van der Waals surface area contributed by atoms with Gasteiger partial charge in [-0.2, -0.15) is 10.1 Å². The van der Waals surface area contributed by atoms with Gasteiger partial charge in [-0.3, -0.25) is 18.5 Å². The first-order chi connectivity index (χ1) is 12.4. The van der Waals surface area contributed by atoms with Crippen LogP contribution in [0.25, 0.3) is 11.2 Å². The van der Waals surface area contributed by atoms with Crippen molar-refractivity contribution in [3.63, 3.8) is 0 Å². The van der Waals surface area contributed by atoms with Gasteiger partial charge < -0.3 is 5.11 Å². The Morgan fingerprint density at radius 1 is 1.31 bits per heavy atom. The summed E-state index contributed by atoms with van der Waals surface area (Å²) in [5.74, 6) is 0.516. The van der Waals surface area contributed by atoms with E-state index in [1.807, 2.05) is 25.3 Å². The molecule has 2 aromatic heterocycles. The van der Waals surface area contributed by atoms with E-state index in [4.69, 9.17) is 5.11 Å². The van der Waals surface area contributed by atoms with E-state index in [0.717, 1.165) is 5.71 Å². The molecule has 0 aliphatic carbocycles. The lowest BCUT2D eigenvalue weighted by Gasteiger charge is -2.29. The van der Waals surface area contributed by atoms with Crippen LogP contribution in [0.4, 0.5) is 5.95 Å². The quantitative estimate of drug-likeness (QED) is 0.788. The molecule has 3 heterocycles. The zero-order valence-corrected chi connectivity index (χ0v) is 15.5. The molecule has 9 nitrogen and oxygen atoms in total. The Labute approximate surface area is 150 Å². The number of imidazole rings is 1. The Morgan fingerprint density at radius 2 is 2.04 bits per heavy atom. The topological polar surface area (TPSA) is 97.7 Å². The van der Waals surface area contributed by atoms with Crippen molar-refractivity contribution in [2.24, 2.45) is 12.1 Å². The first-order valence-corrected chi connectivity index (χ1v) is 8.68. The number of aryl methyl sites for hydroxylation is 1. The molecule has 0 unspecified atom stereocenters. The Hall–Kier alpha value is -2.68. The molecule has 0 saturated carbocycles. The third-order valence-electron chi connectivity index (χ3n) is 4.71. The molecule has 0 radical (unpaired) electrons. The van der Waals surface area contributed by atoms with Crippen molar-refractivity contribution in [3.05, 3.63) is 33.0 Å². The van der Waals surface area contributed by atoms with Gasteiger partial charge in [0.15, 0.2) is 11.2 Å². The van der Waals surface area contributed by atoms with Crippen molar-refractivity contribution < 1.29 is 5.11 Å². The van der Waals surface area contributed by atoms with Gasteiger partial charge in [-0.15, -0.1) is 0 Å². The van der Waals surface area contributed by atoms with Crippen molar-refractivity contribution in [2.75, 3.05) is 18.2 Å². The summed E-state index contributed by atoms with van der Waals surface area (Å²) in [5.41, 5.74) is 0.815. The van der Waals surface area contributed by atoms with Gasteiger partial charge in [-0.1, -0.05) is 12.2 Å². The van der Waals surface area contributed by atoms with Crippen LogP contribution in [0.1, 0.15) is 33.2 Å². The Bertz CT molecular complexity index is 1010. The summed E-state index contributed by atoms with van der Waals surface area (Å²) in [7, 11) is 1.62. The van der Waals surface area contributed by atoms with Gasteiger partial charge in [0.05, 0.1) is 11.8 Å². The van der Waals surface area contributed by atoms with Gasteiger partial charge in [-0.05, 0) is 27.2 Å². The van der Waals surface area contributed by atoms with Crippen LogP contribution >= 0.6 is 0 Å². The number of hydrazone groups is 1. The van der Waals surface area contributed by atoms with Crippen molar-refractivity contribution in [1.82, 2.24) is 18.7 Å². The third kappa shape index (κ3) is 2.68. The Balaban J connectivity index is 2.32. The van der Waals surface area contributed by atoms with Crippen LogP contribution in [0.3, 0.4) is 0 Å². The highest BCUT2D eigenvalue weighted by Gasteiger charge is 2.30. The lowest BCUT2D eigenvalue weighted by atomic mass is 10.2. The second-order valence-electron chi connectivity index (χ2n) is 6.40. The van der Waals surface area contributed by atoms with Crippen LogP contribution in [-0.4, -0.2) is 42.7 Å². The number of rotatable bonds is 5. The van der Waals surface area contributed by atoms with Gasteiger partial charge in [0.25, 0.3) is 5.56 Å². The van der Waals surface area contributed by atoms with Crippen LogP contribution in [0.2, 0.25) is 0 Å². The molecule has 0 aromatic carbocycles. The van der Waals surface area contributed by atoms with E-state index in [-0.39, 0.29) is 24.8 Å². The highest BCUT2D eigenvalue weighted by atomic mass is 16.3. The molecule has 1 aliphatic heterocycles. The number of allylic oxidation sites excluding steroid dienone is 2. The first-order valence-electron chi connectivity index (χ1n) is 8.68. The molecule has 2 aromatic rings. The summed E-state index contributed by atoms with van der Waals surface area (Å²) in [5, 5.41) is 15.4. The fourth-order valence-electron chi connectivity index (χ4n) is 3.12. The normalized spacial score (nSPS) is 17.2. The van der Waals surface area contributed by atoms with E-state index >= 15 is 0 Å². The number of aliphatic hydroxyl groups excluding tert-OH is 1. The fourth-order valence-corrected chi connectivity index (χ4v) is 3.12. The summed E-state index contributed by atoms with van der Waals surface area (Å²) in [6, 6.07) is -0.152.